The smallest absolute Gasteiger partial charge is 0.255 e. The van der Waals surface area contributed by atoms with E-state index in [-0.39, 0.29) is 11.3 Å². The van der Waals surface area contributed by atoms with E-state index in [2.05, 4.69) is 4.98 Å². The minimum absolute atomic E-state index is 0.0129. The van der Waals surface area contributed by atoms with Crippen LogP contribution in [0.25, 0.3) is 22.4 Å². The summed E-state index contributed by atoms with van der Waals surface area (Å²) >= 11 is 0. The summed E-state index contributed by atoms with van der Waals surface area (Å²) in [6, 6.07) is 17.4. The Morgan fingerprint density at radius 2 is 1.81 bits per heavy atom. The van der Waals surface area contributed by atoms with E-state index < -0.39 is 0 Å². The molecule has 136 valence electrons. The predicted molar refractivity (Wildman–Crippen MR) is 104 cm³/mol. The zero-order valence-corrected chi connectivity index (χ0v) is 15.1. The van der Waals surface area contributed by atoms with Gasteiger partial charge in [-0.05, 0) is 43.7 Å². The number of nitrogens with one attached hydrogen (secondary N) is 1. The van der Waals surface area contributed by atoms with E-state index in [0.29, 0.717) is 34.8 Å². The summed E-state index contributed by atoms with van der Waals surface area (Å²) in [5.74, 6) is 1.21. The van der Waals surface area contributed by atoms with Crippen LogP contribution >= 0.6 is 0 Å². The Morgan fingerprint density at radius 3 is 2.59 bits per heavy atom. The molecule has 4 rings (SSSR count). The molecule has 5 nitrogen and oxygen atoms in total. The molecule has 2 aromatic heterocycles. The van der Waals surface area contributed by atoms with E-state index in [1.807, 2.05) is 54.6 Å². The average Bonchev–Trinajstić information content (AvgIpc) is 3.11. The molecule has 2 aromatic carbocycles. The zero-order valence-electron chi connectivity index (χ0n) is 15.1. The van der Waals surface area contributed by atoms with Crippen molar-refractivity contribution in [3.8, 4) is 23.0 Å². The van der Waals surface area contributed by atoms with Crippen molar-refractivity contribution >= 4 is 11.0 Å². The molecule has 0 bridgehead atoms. The van der Waals surface area contributed by atoms with Crippen LogP contribution in [0.3, 0.4) is 0 Å². The fraction of sp³-hybridized carbons (Fsp3) is 0.136. The molecule has 2 N–H and O–H groups in total. The molecule has 0 aliphatic heterocycles. The van der Waals surface area contributed by atoms with Gasteiger partial charge < -0.3 is 19.2 Å². The number of rotatable bonds is 4. The molecule has 27 heavy (non-hydrogen) atoms. The number of H-pyrrole nitrogens is 1. The van der Waals surface area contributed by atoms with Gasteiger partial charge in [-0.25, -0.2) is 0 Å². The first-order valence-electron chi connectivity index (χ1n) is 8.66. The van der Waals surface area contributed by atoms with Crippen LogP contribution in [0.15, 0.2) is 63.8 Å². The largest absolute Gasteiger partial charge is 0.507 e. The Morgan fingerprint density at radius 1 is 1.04 bits per heavy atom. The summed E-state index contributed by atoms with van der Waals surface area (Å²) in [6.45, 7) is 3.81. The van der Waals surface area contributed by atoms with Gasteiger partial charge in [0.1, 0.15) is 23.7 Å². The normalized spacial score (nSPS) is 11.0. The number of furan rings is 1. The predicted octanol–water partition coefficient (Wildman–Crippen LogP) is 4.69. The number of pyridine rings is 1. The van der Waals surface area contributed by atoms with E-state index in [1.54, 1.807) is 13.8 Å². The SMILES string of the molecule is Cc1c(-c2cc3cc(OCc4ccccc4)ccc3o2)[nH]c(=O)c(C)c1O. The van der Waals surface area contributed by atoms with Crippen LogP contribution in [0.2, 0.25) is 0 Å². The van der Waals surface area contributed by atoms with Gasteiger partial charge in [-0.15, -0.1) is 0 Å². The first-order valence-corrected chi connectivity index (χ1v) is 8.66. The maximum Gasteiger partial charge on any atom is 0.255 e. The van der Waals surface area contributed by atoms with Crippen LogP contribution in [0.5, 0.6) is 11.5 Å². The van der Waals surface area contributed by atoms with Crippen LogP contribution in [-0.4, -0.2) is 10.1 Å². The van der Waals surface area contributed by atoms with Crippen LogP contribution in [-0.2, 0) is 6.61 Å². The summed E-state index contributed by atoms with van der Waals surface area (Å²) in [4.78, 5) is 14.8. The Bertz CT molecular complexity index is 1170. The van der Waals surface area contributed by atoms with Gasteiger partial charge in [0, 0.05) is 10.9 Å². The zero-order chi connectivity index (χ0) is 19.0. The summed E-state index contributed by atoms with van der Waals surface area (Å²) in [5, 5.41) is 11.0. The highest BCUT2D eigenvalue weighted by Crippen LogP contribution is 2.33. The van der Waals surface area contributed by atoms with Gasteiger partial charge in [-0.3, -0.25) is 4.79 Å². The molecule has 0 spiro atoms. The average molecular weight is 361 g/mol. The second-order valence-corrected chi connectivity index (χ2v) is 6.51. The third-order valence-corrected chi connectivity index (χ3v) is 4.65. The van der Waals surface area contributed by atoms with Crippen LogP contribution in [0.1, 0.15) is 16.7 Å². The van der Waals surface area contributed by atoms with Crippen molar-refractivity contribution in [1.29, 1.82) is 0 Å². The van der Waals surface area contributed by atoms with Crippen molar-refractivity contribution in [2.24, 2.45) is 0 Å². The maximum absolute atomic E-state index is 12.0. The first-order chi connectivity index (χ1) is 13.0. The van der Waals surface area contributed by atoms with E-state index in [0.717, 1.165) is 16.7 Å². The van der Waals surface area contributed by atoms with Crippen LogP contribution in [0.4, 0.5) is 0 Å². The van der Waals surface area contributed by atoms with E-state index >= 15 is 0 Å². The number of aromatic amines is 1. The van der Waals surface area contributed by atoms with Crippen LogP contribution < -0.4 is 10.3 Å². The third-order valence-electron chi connectivity index (χ3n) is 4.65. The number of hydrogen-bond donors (Lipinski definition) is 2. The van der Waals surface area contributed by atoms with E-state index in [1.165, 1.54) is 0 Å². The fourth-order valence-electron chi connectivity index (χ4n) is 3.03. The number of aromatic nitrogens is 1. The second-order valence-electron chi connectivity index (χ2n) is 6.51. The molecule has 0 atom stereocenters. The lowest BCUT2D eigenvalue weighted by atomic mass is 10.1. The molecule has 0 unspecified atom stereocenters. The highest BCUT2D eigenvalue weighted by atomic mass is 16.5. The Labute approximate surface area is 155 Å². The van der Waals surface area contributed by atoms with Crippen molar-refractivity contribution in [2.75, 3.05) is 0 Å². The molecule has 0 radical (unpaired) electrons. The second kappa shape index (κ2) is 6.68. The number of ether oxygens (including phenoxy) is 1. The summed E-state index contributed by atoms with van der Waals surface area (Å²) in [7, 11) is 0. The molecule has 5 heteroatoms. The van der Waals surface area contributed by atoms with Crippen molar-refractivity contribution in [1.82, 2.24) is 4.98 Å². The van der Waals surface area contributed by atoms with E-state index in [4.69, 9.17) is 9.15 Å². The first kappa shape index (κ1) is 17.0. The molecule has 0 aliphatic carbocycles. The lowest BCUT2D eigenvalue weighted by Gasteiger charge is -2.06. The molecule has 0 fully saturated rings. The van der Waals surface area contributed by atoms with Gasteiger partial charge in [0.25, 0.3) is 5.56 Å². The van der Waals surface area contributed by atoms with Gasteiger partial charge in [0.15, 0.2) is 5.76 Å². The Balaban J connectivity index is 1.66. The number of fused-ring (bicyclic) bond motifs is 1. The van der Waals surface area contributed by atoms with Crippen molar-refractivity contribution < 1.29 is 14.3 Å². The monoisotopic (exact) mass is 361 g/mol. The topological polar surface area (TPSA) is 75.5 Å². The molecule has 0 aliphatic rings. The molecule has 0 amide bonds. The lowest BCUT2D eigenvalue weighted by Crippen LogP contribution is -2.11. The van der Waals surface area contributed by atoms with Gasteiger partial charge in [-0.1, -0.05) is 30.3 Å². The van der Waals surface area contributed by atoms with Gasteiger partial charge >= 0.3 is 0 Å². The molecule has 0 saturated heterocycles. The summed E-state index contributed by atoms with van der Waals surface area (Å²) < 4.78 is 11.7. The Hall–Kier alpha value is -3.47. The standard InChI is InChI=1S/C22H19NO4/c1-13-20(23-22(25)14(2)21(13)24)19-11-16-10-17(8-9-18(16)27-19)26-12-15-6-4-3-5-7-15/h3-11H,12H2,1-2H3,(H2,23,24,25). The molecule has 0 saturated carbocycles. The lowest BCUT2D eigenvalue weighted by molar-refractivity contribution is 0.306. The van der Waals surface area contributed by atoms with Gasteiger partial charge in [0.2, 0.25) is 0 Å². The number of hydrogen-bond acceptors (Lipinski definition) is 4. The van der Waals surface area contributed by atoms with Crippen molar-refractivity contribution in [2.45, 2.75) is 20.5 Å². The molecular formula is C22H19NO4. The van der Waals surface area contributed by atoms with E-state index in [9.17, 15) is 9.90 Å². The highest BCUT2D eigenvalue weighted by molar-refractivity contribution is 5.84. The molecule has 2 heterocycles. The van der Waals surface area contributed by atoms with Crippen molar-refractivity contribution in [3.05, 3.63) is 81.6 Å². The fourth-order valence-corrected chi connectivity index (χ4v) is 3.03. The quantitative estimate of drug-likeness (QED) is 0.553. The minimum Gasteiger partial charge on any atom is -0.507 e. The summed E-state index contributed by atoms with van der Waals surface area (Å²) in [6.07, 6.45) is 0. The highest BCUT2D eigenvalue weighted by Gasteiger charge is 2.16. The van der Waals surface area contributed by atoms with Crippen molar-refractivity contribution in [3.63, 3.8) is 0 Å². The Kier molecular flexibility index (Phi) is 4.20. The third kappa shape index (κ3) is 3.19. The number of aromatic hydroxyl groups is 1. The van der Waals surface area contributed by atoms with Crippen LogP contribution in [0, 0.1) is 13.8 Å². The molecule has 4 aromatic rings. The molecular weight excluding hydrogens is 342 g/mol. The van der Waals surface area contributed by atoms with Gasteiger partial charge in [-0.2, -0.15) is 0 Å². The summed E-state index contributed by atoms with van der Waals surface area (Å²) in [5.41, 5.74) is 2.79. The maximum atomic E-state index is 12.0. The minimum atomic E-state index is -0.333. The van der Waals surface area contributed by atoms with Gasteiger partial charge in [0.05, 0.1) is 11.3 Å². The number of benzene rings is 2.